The van der Waals surface area contributed by atoms with Gasteiger partial charge in [0, 0.05) is 6.54 Å². The Kier molecular flexibility index (Phi) is 5.80. The van der Waals surface area contributed by atoms with Gasteiger partial charge >= 0.3 is 18.0 Å². The third kappa shape index (κ3) is 5.07. The number of anilines is 1. The van der Waals surface area contributed by atoms with Gasteiger partial charge in [-0.15, -0.1) is 0 Å². The molecular formula is C18H17F3N2O2. The van der Waals surface area contributed by atoms with Crippen molar-refractivity contribution in [1.29, 1.82) is 0 Å². The number of amides is 2. The van der Waals surface area contributed by atoms with Crippen LogP contribution >= 0.6 is 0 Å². The topological polar surface area (TPSA) is 58.2 Å². The summed E-state index contributed by atoms with van der Waals surface area (Å²) >= 11 is 0. The summed E-state index contributed by atoms with van der Waals surface area (Å²) in [7, 11) is 0. The van der Waals surface area contributed by atoms with E-state index in [1.165, 1.54) is 12.1 Å². The molecular weight excluding hydrogens is 333 g/mol. The second-order valence-electron chi connectivity index (χ2n) is 5.52. The molecule has 0 heterocycles. The molecule has 7 heteroatoms. The molecule has 0 aliphatic rings. The maximum absolute atomic E-state index is 12.9. The Labute approximate surface area is 143 Å². The molecule has 2 rings (SSSR count). The van der Waals surface area contributed by atoms with Crippen molar-refractivity contribution in [2.45, 2.75) is 19.0 Å². The fraction of sp³-hybridized carbons (Fsp3) is 0.222. The van der Waals surface area contributed by atoms with Gasteiger partial charge in [0.05, 0.1) is 11.3 Å². The summed E-state index contributed by atoms with van der Waals surface area (Å²) < 4.78 is 38.7. The standard InChI is InChI=1S/C18H17F3N2O2/c1-12(13-7-3-2-4-8-13)11-22-16(24)17(25)23-15-10-6-5-9-14(15)18(19,20)21/h2-10,12H,11H2,1H3,(H,22,24)(H,23,25)/t12-/m1/s1. The fourth-order valence-electron chi connectivity index (χ4n) is 2.24. The smallest absolute Gasteiger partial charge is 0.347 e. The number of alkyl halides is 3. The molecule has 4 nitrogen and oxygen atoms in total. The van der Waals surface area contributed by atoms with Crippen LogP contribution in [0, 0.1) is 0 Å². The summed E-state index contributed by atoms with van der Waals surface area (Å²) in [6.07, 6.45) is -4.62. The highest BCUT2D eigenvalue weighted by atomic mass is 19.4. The van der Waals surface area contributed by atoms with Crippen molar-refractivity contribution in [2.75, 3.05) is 11.9 Å². The van der Waals surface area contributed by atoms with Gasteiger partial charge in [-0.2, -0.15) is 13.2 Å². The van der Waals surface area contributed by atoms with Crippen molar-refractivity contribution >= 4 is 17.5 Å². The molecule has 0 saturated carbocycles. The molecule has 2 aromatic rings. The first-order valence-electron chi connectivity index (χ1n) is 7.59. The number of benzene rings is 2. The highest BCUT2D eigenvalue weighted by molar-refractivity contribution is 6.39. The zero-order chi connectivity index (χ0) is 18.4. The van der Waals surface area contributed by atoms with Crippen molar-refractivity contribution in [2.24, 2.45) is 0 Å². The maximum atomic E-state index is 12.9. The summed E-state index contributed by atoms with van der Waals surface area (Å²) in [4.78, 5) is 23.7. The molecule has 0 saturated heterocycles. The van der Waals surface area contributed by atoms with Gasteiger partial charge < -0.3 is 10.6 Å². The van der Waals surface area contributed by atoms with Crippen molar-refractivity contribution in [1.82, 2.24) is 5.32 Å². The highest BCUT2D eigenvalue weighted by Crippen LogP contribution is 2.34. The molecule has 1 atom stereocenters. The Morgan fingerprint density at radius 3 is 2.20 bits per heavy atom. The van der Waals surface area contributed by atoms with E-state index >= 15 is 0 Å². The first-order chi connectivity index (χ1) is 11.8. The number of nitrogens with one attached hydrogen (secondary N) is 2. The molecule has 0 fully saturated rings. The van der Waals surface area contributed by atoms with Crippen LogP contribution in [0.4, 0.5) is 18.9 Å². The van der Waals surface area contributed by atoms with Crippen LogP contribution < -0.4 is 10.6 Å². The Hall–Kier alpha value is -2.83. The number of hydrogen-bond donors (Lipinski definition) is 2. The van der Waals surface area contributed by atoms with Crippen LogP contribution in [0.3, 0.4) is 0 Å². The van der Waals surface area contributed by atoms with E-state index in [1.807, 2.05) is 42.6 Å². The first kappa shape index (κ1) is 18.5. The average molecular weight is 350 g/mol. The molecule has 0 aromatic heterocycles. The molecule has 0 radical (unpaired) electrons. The molecule has 132 valence electrons. The predicted molar refractivity (Wildman–Crippen MR) is 87.9 cm³/mol. The van der Waals surface area contributed by atoms with Gasteiger partial charge in [0.2, 0.25) is 0 Å². The van der Waals surface area contributed by atoms with Crippen LogP contribution in [-0.2, 0) is 15.8 Å². The average Bonchev–Trinajstić information content (AvgIpc) is 2.59. The minimum Gasteiger partial charge on any atom is -0.347 e. The third-order valence-corrected chi connectivity index (χ3v) is 3.62. The molecule has 0 unspecified atom stereocenters. The molecule has 2 aromatic carbocycles. The fourth-order valence-corrected chi connectivity index (χ4v) is 2.24. The lowest BCUT2D eigenvalue weighted by atomic mass is 10.0. The summed E-state index contributed by atoms with van der Waals surface area (Å²) in [6, 6.07) is 13.8. The molecule has 0 aliphatic carbocycles. The Morgan fingerprint density at radius 1 is 0.960 bits per heavy atom. The van der Waals surface area contributed by atoms with E-state index in [4.69, 9.17) is 0 Å². The number of rotatable bonds is 4. The van der Waals surface area contributed by atoms with Gasteiger partial charge in [-0.05, 0) is 23.6 Å². The Morgan fingerprint density at radius 2 is 1.56 bits per heavy atom. The highest BCUT2D eigenvalue weighted by Gasteiger charge is 2.34. The molecule has 0 bridgehead atoms. The zero-order valence-electron chi connectivity index (χ0n) is 13.4. The zero-order valence-corrected chi connectivity index (χ0v) is 13.4. The van der Waals surface area contributed by atoms with Crippen LogP contribution in [0.25, 0.3) is 0 Å². The van der Waals surface area contributed by atoms with Gasteiger partial charge in [0.25, 0.3) is 0 Å². The molecule has 2 amide bonds. The number of halogens is 3. The van der Waals surface area contributed by atoms with Gasteiger partial charge in [-0.25, -0.2) is 0 Å². The number of para-hydroxylation sites is 1. The number of hydrogen-bond acceptors (Lipinski definition) is 2. The lowest BCUT2D eigenvalue weighted by Gasteiger charge is -2.15. The summed E-state index contributed by atoms with van der Waals surface area (Å²) in [6.45, 7) is 2.06. The Bertz CT molecular complexity index is 745. The van der Waals surface area contributed by atoms with E-state index in [0.717, 1.165) is 17.7 Å². The van der Waals surface area contributed by atoms with Gasteiger partial charge in [0.15, 0.2) is 0 Å². The van der Waals surface area contributed by atoms with E-state index in [9.17, 15) is 22.8 Å². The van der Waals surface area contributed by atoms with Crippen LogP contribution in [0.2, 0.25) is 0 Å². The normalized spacial score (nSPS) is 12.3. The molecule has 2 N–H and O–H groups in total. The van der Waals surface area contributed by atoms with E-state index in [1.54, 1.807) is 0 Å². The van der Waals surface area contributed by atoms with E-state index in [-0.39, 0.29) is 12.5 Å². The molecule has 25 heavy (non-hydrogen) atoms. The van der Waals surface area contributed by atoms with Crippen LogP contribution in [0.1, 0.15) is 24.0 Å². The SMILES string of the molecule is C[C@H](CNC(=O)C(=O)Nc1ccccc1C(F)(F)F)c1ccccc1. The number of carbonyl (C=O) groups excluding carboxylic acids is 2. The second kappa shape index (κ2) is 7.83. The van der Waals surface area contributed by atoms with Crippen LogP contribution in [0.15, 0.2) is 54.6 Å². The predicted octanol–water partition coefficient (Wildman–Crippen LogP) is 3.56. The van der Waals surface area contributed by atoms with Crippen LogP contribution in [0.5, 0.6) is 0 Å². The Balaban J connectivity index is 1.97. The lowest BCUT2D eigenvalue weighted by Crippen LogP contribution is -2.37. The van der Waals surface area contributed by atoms with Crippen LogP contribution in [-0.4, -0.2) is 18.4 Å². The van der Waals surface area contributed by atoms with E-state index in [2.05, 4.69) is 5.32 Å². The van der Waals surface area contributed by atoms with E-state index in [0.29, 0.717) is 0 Å². The summed E-state index contributed by atoms with van der Waals surface area (Å²) in [5.74, 6) is -2.17. The van der Waals surface area contributed by atoms with Crippen molar-refractivity contribution in [3.05, 3.63) is 65.7 Å². The van der Waals surface area contributed by atoms with Crippen molar-refractivity contribution < 1.29 is 22.8 Å². The summed E-state index contributed by atoms with van der Waals surface area (Å²) in [5, 5.41) is 4.44. The molecule has 0 aliphatic heterocycles. The monoisotopic (exact) mass is 350 g/mol. The van der Waals surface area contributed by atoms with Gasteiger partial charge in [-0.1, -0.05) is 49.4 Å². The van der Waals surface area contributed by atoms with Gasteiger partial charge in [-0.3, -0.25) is 9.59 Å². The third-order valence-electron chi connectivity index (χ3n) is 3.62. The first-order valence-corrected chi connectivity index (χ1v) is 7.59. The maximum Gasteiger partial charge on any atom is 0.418 e. The number of carbonyl (C=O) groups is 2. The lowest BCUT2D eigenvalue weighted by molar-refractivity contribution is -0.138. The minimum absolute atomic E-state index is 0.0413. The van der Waals surface area contributed by atoms with Crippen molar-refractivity contribution in [3.63, 3.8) is 0 Å². The molecule has 0 spiro atoms. The minimum atomic E-state index is -4.62. The van der Waals surface area contributed by atoms with Gasteiger partial charge in [0.1, 0.15) is 0 Å². The van der Waals surface area contributed by atoms with E-state index < -0.39 is 29.2 Å². The second-order valence-corrected chi connectivity index (χ2v) is 5.52. The summed E-state index contributed by atoms with van der Waals surface area (Å²) in [5.41, 5.74) is -0.481. The van der Waals surface area contributed by atoms with Crippen molar-refractivity contribution in [3.8, 4) is 0 Å². The largest absolute Gasteiger partial charge is 0.418 e. The quantitative estimate of drug-likeness (QED) is 0.829.